The highest BCUT2D eigenvalue weighted by Gasteiger charge is 2.43. The highest BCUT2D eigenvalue weighted by molar-refractivity contribution is 5.44. The standard InChI is InChI=1S/C18H30N6O4/c1-3-24(2)18-22-16(19-11-7-9-4-5-10(11)6-9)21-17(23-18)20-15-14(27)13(26)12(8-25)28-15/h9-15,25-27H,3-8H2,1-2H3,(H2,19,20,21,22,23)/t9-,10+,11+,12+,13+,14+,15+/m0/s1. The molecule has 0 amide bonds. The molecule has 3 aliphatic rings. The average molecular weight is 394 g/mol. The molecule has 10 heteroatoms. The van der Waals surface area contributed by atoms with Gasteiger partial charge >= 0.3 is 0 Å². The SMILES string of the molecule is CCN(C)c1nc(N[C@@H]2O[C@H](CO)[C@@H](O)[C@H]2O)nc(N[C@@H]2C[C@H]3CC[C@@H]2C3)n1. The molecule has 2 aliphatic carbocycles. The Bertz CT molecular complexity index is 694. The van der Waals surface area contributed by atoms with Crippen LogP contribution < -0.4 is 15.5 Å². The van der Waals surface area contributed by atoms with Crippen molar-refractivity contribution in [2.24, 2.45) is 11.8 Å². The first-order chi connectivity index (χ1) is 13.5. The second kappa shape index (κ2) is 7.94. The molecule has 1 aromatic heterocycles. The fourth-order valence-electron chi connectivity index (χ4n) is 4.54. The number of fused-ring (bicyclic) bond motifs is 2. The van der Waals surface area contributed by atoms with E-state index < -0.39 is 24.5 Å². The molecular formula is C18H30N6O4. The molecule has 2 heterocycles. The van der Waals surface area contributed by atoms with E-state index in [2.05, 4.69) is 25.6 Å². The Morgan fingerprint density at radius 1 is 1.07 bits per heavy atom. The molecule has 0 aromatic carbocycles. The quantitative estimate of drug-likeness (QED) is 0.422. The van der Waals surface area contributed by atoms with Gasteiger partial charge in [-0.15, -0.1) is 0 Å². The van der Waals surface area contributed by atoms with Gasteiger partial charge in [-0.25, -0.2) is 0 Å². The van der Waals surface area contributed by atoms with Crippen LogP contribution in [0.25, 0.3) is 0 Å². The van der Waals surface area contributed by atoms with E-state index in [4.69, 9.17) is 4.74 Å². The summed E-state index contributed by atoms with van der Waals surface area (Å²) in [6, 6.07) is 0.377. The Kier molecular flexibility index (Phi) is 5.55. The highest BCUT2D eigenvalue weighted by atomic mass is 16.6. The van der Waals surface area contributed by atoms with Crippen LogP contribution in [0, 0.1) is 11.8 Å². The molecule has 0 spiro atoms. The van der Waals surface area contributed by atoms with E-state index in [0.29, 0.717) is 23.9 Å². The molecule has 2 saturated carbocycles. The van der Waals surface area contributed by atoms with Crippen LogP contribution >= 0.6 is 0 Å². The van der Waals surface area contributed by atoms with Gasteiger partial charge in [-0.1, -0.05) is 6.42 Å². The zero-order valence-corrected chi connectivity index (χ0v) is 16.3. The maximum Gasteiger partial charge on any atom is 0.231 e. The molecule has 1 aliphatic heterocycles. The van der Waals surface area contributed by atoms with E-state index >= 15 is 0 Å². The lowest BCUT2D eigenvalue weighted by molar-refractivity contribution is -0.0154. The summed E-state index contributed by atoms with van der Waals surface area (Å²) < 4.78 is 5.48. The summed E-state index contributed by atoms with van der Waals surface area (Å²) in [5.74, 6) is 2.74. The fraction of sp³-hybridized carbons (Fsp3) is 0.833. The number of aliphatic hydroxyl groups is 3. The van der Waals surface area contributed by atoms with E-state index in [1.165, 1.54) is 19.3 Å². The molecule has 28 heavy (non-hydrogen) atoms. The van der Waals surface area contributed by atoms with Gasteiger partial charge in [0.1, 0.15) is 18.3 Å². The van der Waals surface area contributed by atoms with Crippen LogP contribution in [0.4, 0.5) is 17.8 Å². The lowest BCUT2D eigenvalue weighted by Crippen LogP contribution is -2.37. The molecule has 7 atom stereocenters. The summed E-state index contributed by atoms with van der Waals surface area (Å²) >= 11 is 0. The van der Waals surface area contributed by atoms with Gasteiger partial charge in [0.2, 0.25) is 17.8 Å². The number of nitrogens with zero attached hydrogens (tertiary/aromatic N) is 4. The van der Waals surface area contributed by atoms with Crippen molar-refractivity contribution in [3.63, 3.8) is 0 Å². The third kappa shape index (κ3) is 3.73. The Morgan fingerprint density at radius 3 is 2.39 bits per heavy atom. The molecule has 1 aromatic rings. The second-order valence-electron chi connectivity index (χ2n) is 8.13. The van der Waals surface area contributed by atoms with Crippen LogP contribution in [-0.2, 0) is 4.74 Å². The van der Waals surface area contributed by atoms with Crippen molar-refractivity contribution in [1.29, 1.82) is 0 Å². The first kappa shape index (κ1) is 19.6. The number of rotatable bonds is 7. The topological polar surface area (TPSA) is 136 Å². The molecule has 1 saturated heterocycles. The van der Waals surface area contributed by atoms with Gasteiger partial charge in [0.15, 0.2) is 6.23 Å². The molecule has 2 bridgehead atoms. The largest absolute Gasteiger partial charge is 0.394 e. The van der Waals surface area contributed by atoms with Crippen LogP contribution in [0.2, 0.25) is 0 Å². The van der Waals surface area contributed by atoms with E-state index in [1.54, 1.807) is 0 Å². The molecular weight excluding hydrogens is 364 g/mol. The predicted octanol–water partition coefficient (Wildman–Crippen LogP) is -0.221. The van der Waals surface area contributed by atoms with Crippen LogP contribution in [0.5, 0.6) is 0 Å². The second-order valence-corrected chi connectivity index (χ2v) is 8.13. The maximum absolute atomic E-state index is 10.2. The Hall–Kier alpha value is -1.75. The van der Waals surface area contributed by atoms with Gasteiger partial charge in [0.25, 0.3) is 0 Å². The number of anilines is 3. The minimum absolute atomic E-state index is 0.255. The summed E-state index contributed by atoms with van der Waals surface area (Å²) in [5.41, 5.74) is 0. The average Bonchev–Trinajstić information content (AvgIpc) is 3.38. The van der Waals surface area contributed by atoms with Gasteiger partial charge in [-0.3, -0.25) is 0 Å². The lowest BCUT2D eigenvalue weighted by atomic mass is 9.95. The first-order valence-corrected chi connectivity index (χ1v) is 10.1. The molecule has 0 radical (unpaired) electrons. The fourth-order valence-corrected chi connectivity index (χ4v) is 4.54. The van der Waals surface area contributed by atoms with Gasteiger partial charge in [-0.05, 0) is 38.0 Å². The summed E-state index contributed by atoms with van der Waals surface area (Å²) in [6.45, 7) is 2.35. The third-order valence-corrected chi connectivity index (χ3v) is 6.31. The third-order valence-electron chi connectivity index (χ3n) is 6.31. The van der Waals surface area contributed by atoms with Gasteiger partial charge in [0.05, 0.1) is 6.61 Å². The van der Waals surface area contributed by atoms with Gasteiger partial charge in [0, 0.05) is 19.6 Å². The summed E-state index contributed by atoms with van der Waals surface area (Å²) in [7, 11) is 1.90. The monoisotopic (exact) mass is 394 g/mol. The van der Waals surface area contributed by atoms with Crippen LogP contribution in [-0.4, -0.2) is 81.1 Å². The predicted molar refractivity (Wildman–Crippen MR) is 103 cm³/mol. The minimum Gasteiger partial charge on any atom is -0.394 e. The van der Waals surface area contributed by atoms with E-state index in [-0.39, 0.29) is 12.6 Å². The number of aromatic nitrogens is 3. The van der Waals surface area contributed by atoms with Crippen LogP contribution in [0.1, 0.15) is 32.6 Å². The van der Waals surface area contributed by atoms with Gasteiger partial charge < -0.3 is 35.6 Å². The summed E-state index contributed by atoms with van der Waals surface area (Å²) in [6.07, 6.45) is 0.871. The minimum atomic E-state index is -1.19. The van der Waals surface area contributed by atoms with Crippen molar-refractivity contribution >= 4 is 17.8 Å². The van der Waals surface area contributed by atoms with Crippen LogP contribution in [0.15, 0.2) is 0 Å². The zero-order chi connectivity index (χ0) is 19.8. The molecule has 156 valence electrons. The number of aliphatic hydroxyl groups excluding tert-OH is 3. The van der Waals surface area contributed by atoms with Crippen molar-refractivity contribution in [3.8, 4) is 0 Å². The van der Waals surface area contributed by atoms with Crippen molar-refractivity contribution in [1.82, 2.24) is 15.0 Å². The normalized spacial score (nSPS) is 36.7. The molecule has 0 unspecified atom stereocenters. The smallest absolute Gasteiger partial charge is 0.231 e. The zero-order valence-electron chi connectivity index (χ0n) is 16.3. The number of nitrogens with one attached hydrogen (secondary N) is 2. The van der Waals surface area contributed by atoms with Crippen LogP contribution in [0.3, 0.4) is 0 Å². The highest BCUT2D eigenvalue weighted by Crippen LogP contribution is 2.45. The van der Waals surface area contributed by atoms with E-state index in [9.17, 15) is 15.3 Å². The first-order valence-electron chi connectivity index (χ1n) is 10.1. The lowest BCUT2D eigenvalue weighted by Gasteiger charge is -2.24. The molecule has 10 nitrogen and oxygen atoms in total. The Morgan fingerprint density at radius 2 is 1.82 bits per heavy atom. The number of hydrogen-bond donors (Lipinski definition) is 5. The number of ether oxygens (including phenoxy) is 1. The summed E-state index contributed by atoms with van der Waals surface area (Å²) in [5, 5.41) is 35.8. The van der Waals surface area contributed by atoms with Crippen molar-refractivity contribution < 1.29 is 20.1 Å². The maximum atomic E-state index is 10.2. The van der Waals surface area contributed by atoms with E-state index in [1.807, 2.05) is 18.9 Å². The molecule has 4 rings (SSSR count). The molecule has 5 N–H and O–H groups in total. The van der Waals surface area contributed by atoms with Crippen molar-refractivity contribution in [2.75, 3.05) is 35.7 Å². The van der Waals surface area contributed by atoms with Crippen molar-refractivity contribution in [2.45, 2.75) is 63.2 Å². The summed E-state index contributed by atoms with van der Waals surface area (Å²) in [4.78, 5) is 15.3. The number of hydrogen-bond acceptors (Lipinski definition) is 10. The molecule has 3 fully saturated rings. The van der Waals surface area contributed by atoms with Gasteiger partial charge in [-0.2, -0.15) is 15.0 Å². The van der Waals surface area contributed by atoms with Crippen molar-refractivity contribution in [3.05, 3.63) is 0 Å². The Labute approximate surface area is 164 Å². The van der Waals surface area contributed by atoms with E-state index in [0.717, 1.165) is 18.9 Å². The Balaban J connectivity index is 1.52.